The molecule has 3 rings (SSSR count). The second-order valence-electron chi connectivity index (χ2n) is 5.52. The van der Waals surface area contributed by atoms with Crippen LogP contribution in [0.1, 0.15) is 11.4 Å². The number of nitrogen functional groups attached to an aromatic ring is 1. The summed E-state index contributed by atoms with van der Waals surface area (Å²) in [6.07, 6.45) is 1.16. The Morgan fingerprint density at radius 1 is 1.04 bits per heavy atom. The van der Waals surface area contributed by atoms with Crippen molar-refractivity contribution in [3.8, 4) is 0 Å². The average Bonchev–Trinajstić information content (AvgIpc) is 2.54. The van der Waals surface area contributed by atoms with Crippen LogP contribution in [0.2, 0.25) is 0 Å². The topological polar surface area (TPSA) is 145 Å². The highest BCUT2D eigenvalue weighted by molar-refractivity contribution is 5.74. The van der Waals surface area contributed by atoms with E-state index in [4.69, 9.17) is 5.73 Å². The van der Waals surface area contributed by atoms with Crippen LogP contribution in [0.15, 0.2) is 36.7 Å². The van der Waals surface area contributed by atoms with Crippen molar-refractivity contribution in [2.24, 2.45) is 0 Å². The van der Waals surface area contributed by atoms with Gasteiger partial charge in [0.2, 0.25) is 17.6 Å². The molecule has 0 saturated heterocycles. The molecule has 10 nitrogen and oxygen atoms in total. The number of nitrogens with two attached hydrogens (primary N) is 1. The van der Waals surface area contributed by atoms with Gasteiger partial charge in [0.1, 0.15) is 6.33 Å². The van der Waals surface area contributed by atoms with Crippen LogP contribution in [-0.2, 0) is 0 Å². The Bertz CT molecular complexity index is 956. The molecule has 0 aliphatic heterocycles. The summed E-state index contributed by atoms with van der Waals surface area (Å²) in [7, 11) is 0. The first-order chi connectivity index (χ1) is 12.4. The van der Waals surface area contributed by atoms with Crippen LogP contribution in [0.5, 0.6) is 0 Å². The maximum Gasteiger partial charge on any atom is 0.353 e. The number of hydrogen-bond acceptors (Lipinski definition) is 9. The smallest absolute Gasteiger partial charge is 0.353 e. The zero-order valence-electron chi connectivity index (χ0n) is 14.1. The molecule has 3 aromatic rings. The fraction of sp³-hybridized carbons (Fsp3) is 0.125. The van der Waals surface area contributed by atoms with Gasteiger partial charge in [-0.25, -0.2) is 19.9 Å². The lowest BCUT2D eigenvalue weighted by Gasteiger charge is -2.10. The van der Waals surface area contributed by atoms with E-state index in [1.54, 1.807) is 18.2 Å². The normalized spacial score (nSPS) is 10.4. The van der Waals surface area contributed by atoms with E-state index in [0.717, 1.165) is 17.7 Å². The lowest BCUT2D eigenvalue weighted by Crippen LogP contribution is -2.05. The molecule has 0 spiro atoms. The van der Waals surface area contributed by atoms with Crippen molar-refractivity contribution in [1.29, 1.82) is 0 Å². The maximum absolute atomic E-state index is 11.2. The van der Waals surface area contributed by atoms with Gasteiger partial charge in [-0.15, -0.1) is 0 Å². The van der Waals surface area contributed by atoms with E-state index in [9.17, 15) is 10.1 Å². The second kappa shape index (κ2) is 6.97. The van der Waals surface area contributed by atoms with Crippen LogP contribution in [0, 0.1) is 24.0 Å². The molecule has 2 aromatic heterocycles. The largest absolute Gasteiger partial charge is 0.378 e. The highest BCUT2D eigenvalue weighted by Crippen LogP contribution is 2.30. The van der Waals surface area contributed by atoms with Crippen LogP contribution in [0.25, 0.3) is 0 Å². The molecule has 0 aliphatic rings. The fourth-order valence-electron chi connectivity index (χ4n) is 2.39. The minimum atomic E-state index is -0.622. The van der Waals surface area contributed by atoms with Gasteiger partial charge >= 0.3 is 5.69 Å². The Labute approximate surface area is 148 Å². The summed E-state index contributed by atoms with van der Waals surface area (Å²) >= 11 is 0. The van der Waals surface area contributed by atoms with Gasteiger partial charge in [-0.3, -0.25) is 10.1 Å². The first-order valence-electron chi connectivity index (χ1n) is 7.63. The summed E-state index contributed by atoms with van der Waals surface area (Å²) in [6.45, 7) is 3.77. The van der Waals surface area contributed by atoms with Gasteiger partial charge in [0.15, 0.2) is 0 Å². The molecule has 4 N–H and O–H groups in total. The summed E-state index contributed by atoms with van der Waals surface area (Å²) in [5.41, 5.74) is 8.20. The monoisotopic (exact) mass is 352 g/mol. The highest BCUT2D eigenvalue weighted by Gasteiger charge is 2.21. The minimum absolute atomic E-state index is 0.0160. The molecule has 132 valence electrons. The van der Waals surface area contributed by atoms with E-state index in [-0.39, 0.29) is 17.3 Å². The first-order valence-corrected chi connectivity index (χ1v) is 7.63. The molecule has 0 unspecified atom stereocenters. The third-order valence-electron chi connectivity index (χ3n) is 3.40. The molecule has 0 fully saturated rings. The van der Waals surface area contributed by atoms with Crippen molar-refractivity contribution in [3.05, 3.63) is 58.2 Å². The highest BCUT2D eigenvalue weighted by atomic mass is 16.6. The van der Waals surface area contributed by atoms with E-state index in [2.05, 4.69) is 30.6 Å². The molecule has 0 aliphatic carbocycles. The summed E-state index contributed by atoms with van der Waals surface area (Å²) < 4.78 is 0. The van der Waals surface area contributed by atoms with E-state index < -0.39 is 4.92 Å². The second-order valence-corrected chi connectivity index (χ2v) is 5.52. The van der Waals surface area contributed by atoms with Crippen LogP contribution < -0.4 is 16.4 Å². The van der Waals surface area contributed by atoms with E-state index >= 15 is 0 Å². The van der Waals surface area contributed by atoms with E-state index in [0.29, 0.717) is 17.3 Å². The van der Waals surface area contributed by atoms with E-state index in [1.165, 1.54) is 0 Å². The molecule has 0 radical (unpaired) electrons. The van der Waals surface area contributed by atoms with Crippen molar-refractivity contribution in [2.45, 2.75) is 13.8 Å². The van der Waals surface area contributed by atoms with Gasteiger partial charge in [0, 0.05) is 22.8 Å². The number of anilines is 5. The minimum Gasteiger partial charge on any atom is -0.378 e. The molecule has 0 amide bonds. The van der Waals surface area contributed by atoms with Crippen molar-refractivity contribution in [2.75, 3.05) is 16.4 Å². The third-order valence-corrected chi connectivity index (χ3v) is 3.40. The van der Waals surface area contributed by atoms with Gasteiger partial charge in [0.05, 0.1) is 4.92 Å². The number of aryl methyl sites for hydroxylation is 2. The number of nitro groups is 1. The number of benzene rings is 1. The Morgan fingerprint density at radius 2 is 1.69 bits per heavy atom. The van der Waals surface area contributed by atoms with Gasteiger partial charge in [-0.2, -0.15) is 0 Å². The SMILES string of the molecule is Cc1cc(C)nc(Nc2cccc(Nc3ncnc(N)c3[N+](=O)[O-])c2)n1. The summed E-state index contributed by atoms with van der Waals surface area (Å²) in [4.78, 5) is 26.8. The zero-order chi connectivity index (χ0) is 18.7. The Morgan fingerprint density at radius 3 is 2.35 bits per heavy atom. The van der Waals surface area contributed by atoms with Gasteiger partial charge in [0.25, 0.3) is 0 Å². The molecule has 10 heteroatoms. The predicted octanol–water partition coefficient (Wildman–Crippen LogP) is 2.86. The Hall–Kier alpha value is -3.82. The molecule has 2 heterocycles. The standard InChI is InChI=1S/C16H16N8O2/c1-9-6-10(2)21-16(20-9)23-12-5-3-4-11(7-12)22-15-13(24(25)26)14(17)18-8-19-15/h3-8H,1-2H3,(H,20,21,23)(H3,17,18,19,22). The van der Waals surface area contributed by atoms with Gasteiger partial charge in [-0.1, -0.05) is 6.07 Å². The molecule has 0 bridgehead atoms. The number of nitrogens with one attached hydrogen (secondary N) is 2. The molecule has 0 atom stereocenters. The van der Waals surface area contributed by atoms with Gasteiger partial charge in [-0.05, 0) is 38.1 Å². The Kier molecular flexibility index (Phi) is 4.56. The predicted molar refractivity (Wildman–Crippen MR) is 97.6 cm³/mol. The van der Waals surface area contributed by atoms with Gasteiger partial charge < -0.3 is 16.4 Å². The Balaban J connectivity index is 1.87. The number of nitrogens with zero attached hydrogens (tertiary/aromatic N) is 5. The number of aromatic nitrogens is 4. The maximum atomic E-state index is 11.2. The number of rotatable bonds is 5. The van der Waals surface area contributed by atoms with E-state index in [1.807, 2.05) is 26.0 Å². The third kappa shape index (κ3) is 3.80. The summed E-state index contributed by atoms with van der Waals surface area (Å²) in [5.74, 6) is 0.282. The molecule has 0 saturated carbocycles. The first kappa shape index (κ1) is 17.0. The van der Waals surface area contributed by atoms with Crippen molar-refractivity contribution in [3.63, 3.8) is 0 Å². The van der Waals surface area contributed by atoms with Crippen molar-refractivity contribution < 1.29 is 4.92 Å². The molecular weight excluding hydrogens is 336 g/mol. The molecule has 26 heavy (non-hydrogen) atoms. The summed E-state index contributed by atoms with van der Waals surface area (Å²) in [5, 5.41) is 17.2. The lowest BCUT2D eigenvalue weighted by atomic mass is 10.2. The van der Waals surface area contributed by atoms with Crippen molar-refractivity contribution >= 4 is 34.6 Å². The zero-order valence-corrected chi connectivity index (χ0v) is 14.1. The lowest BCUT2D eigenvalue weighted by molar-refractivity contribution is -0.383. The van der Waals surface area contributed by atoms with Crippen molar-refractivity contribution in [1.82, 2.24) is 19.9 Å². The van der Waals surface area contributed by atoms with Crippen LogP contribution in [0.3, 0.4) is 0 Å². The summed E-state index contributed by atoms with van der Waals surface area (Å²) in [6, 6.07) is 8.99. The van der Waals surface area contributed by atoms with Crippen LogP contribution >= 0.6 is 0 Å². The van der Waals surface area contributed by atoms with Crippen LogP contribution in [0.4, 0.5) is 34.6 Å². The fourth-order valence-corrected chi connectivity index (χ4v) is 2.39. The molecule has 1 aromatic carbocycles. The average molecular weight is 352 g/mol. The number of hydrogen-bond donors (Lipinski definition) is 3. The molecular formula is C16H16N8O2. The quantitative estimate of drug-likeness (QED) is 0.466. The van der Waals surface area contributed by atoms with Crippen LogP contribution in [-0.4, -0.2) is 24.9 Å².